The SMILES string of the molecule is COCC(=O)N1CCc2[nH]cnc2C12CCN(C(=O)C1CCC(=O)N(C)C1)CC2. The largest absolute Gasteiger partial charge is 0.375 e. The molecule has 2 fully saturated rings. The monoisotopic (exact) mass is 403 g/mol. The van der Waals surface area contributed by atoms with E-state index in [2.05, 4.69) is 9.97 Å². The van der Waals surface area contributed by atoms with Gasteiger partial charge in [-0.3, -0.25) is 14.4 Å². The highest BCUT2D eigenvalue weighted by Gasteiger charge is 2.49. The van der Waals surface area contributed by atoms with E-state index < -0.39 is 5.54 Å². The summed E-state index contributed by atoms with van der Waals surface area (Å²) in [6.07, 6.45) is 4.81. The van der Waals surface area contributed by atoms with Gasteiger partial charge in [0.05, 0.1) is 23.5 Å². The van der Waals surface area contributed by atoms with Crippen LogP contribution in [0.2, 0.25) is 0 Å². The maximum atomic E-state index is 13.1. The number of nitrogens with zero attached hydrogens (tertiary/aromatic N) is 4. The van der Waals surface area contributed by atoms with E-state index in [4.69, 9.17) is 4.74 Å². The first-order valence-electron chi connectivity index (χ1n) is 10.3. The number of rotatable bonds is 3. The van der Waals surface area contributed by atoms with Gasteiger partial charge in [0.2, 0.25) is 17.7 Å². The van der Waals surface area contributed by atoms with E-state index in [0.29, 0.717) is 51.9 Å². The smallest absolute Gasteiger partial charge is 0.249 e. The van der Waals surface area contributed by atoms with Crippen molar-refractivity contribution in [3.05, 3.63) is 17.7 Å². The molecule has 0 aromatic carbocycles. The third-order valence-corrected chi connectivity index (χ3v) is 6.71. The standard InChI is InChI=1S/C20H29N5O4/c1-23-11-14(3-4-16(23)26)19(28)24-9-6-20(7-10-24)18-15(21-13-22-18)5-8-25(20)17(27)12-29-2/h13-14H,3-12H2,1-2H3,(H,21,22). The van der Waals surface area contributed by atoms with Gasteiger partial charge in [-0.1, -0.05) is 0 Å². The van der Waals surface area contributed by atoms with Crippen LogP contribution >= 0.6 is 0 Å². The fraction of sp³-hybridized carbons (Fsp3) is 0.700. The maximum Gasteiger partial charge on any atom is 0.249 e. The summed E-state index contributed by atoms with van der Waals surface area (Å²) >= 11 is 0. The van der Waals surface area contributed by atoms with Gasteiger partial charge in [-0.25, -0.2) is 4.98 Å². The number of carbonyl (C=O) groups is 3. The van der Waals surface area contributed by atoms with Crippen molar-refractivity contribution in [2.75, 3.05) is 46.9 Å². The first-order chi connectivity index (χ1) is 14.0. The van der Waals surface area contributed by atoms with Crippen LogP contribution < -0.4 is 0 Å². The minimum Gasteiger partial charge on any atom is -0.375 e. The fourth-order valence-corrected chi connectivity index (χ4v) is 5.12. The summed E-state index contributed by atoms with van der Waals surface area (Å²) in [5.74, 6) is 0.0536. The molecule has 0 aliphatic carbocycles. The van der Waals surface area contributed by atoms with Gasteiger partial charge in [-0.2, -0.15) is 0 Å². The van der Waals surface area contributed by atoms with E-state index in [-0.39, 0.29) is 30.2 Å². The zero-order chi connectivity index (χ0) is 20.6. The van der Waals surface area contributed by atoms with Crippen LogP contribution in [0.15, 0.2) is 6.33 Å². The van der Waals surface area contributed by atoms with Crippen LogP contribution in [0.4, 0.5) is 0 Å². The second-order valence-corrected chi connectivity index (χ2v) is 8.32. The molecule has 3 aliphatic rings. The highest BCUT2D eigenvalue weighted by Crippen LogP contribution is 2.42. The molecule has 3 aliphatic heterocycles. The number of nitrogens with one attached hydrogen (secondary N) is 1. The van der Waals surface area contributed by atoms with Gasteiger partial charge in [0.25, 0.3) is 0 Å². The number of hydrogen-bond acceptors (Lipinski definition) is 5. The number of H-pyrrole nitrogens is 1. The first-order valence-corrected chi connectivity index (χ1v) is 10.3. The number of aromatic nitrogens is 2. The molecular weight excluding hydrogens is 374 g/mol. The van der Waals surface area contributed by atoms with Gasteiger partial charge < -0.3 is 24.4 Å². The normalized spacial score (nSPS) is 24.0. The molecule has 4 rings (SSSR count). The molecule has 0 radical (unpaired) electrons. The molecule has 1 atom stereocenters. The van der Waals surface area contributed by atoms with Crippen LogP contribution in [0.25, 0.3) is 0 Å². The lowest BCUT2D eigenvalue weighted by atomic mass is 9.78. The zero-order valence-corrected chi connectivity index (χ0v) is 17.1. The van der Waals surface area contributed by atoms with Gasteiger partial charge in [0, 0.05) is 58.9 Å². The van der Waals surface area contributed by atoms with Crippen molar-refractivity contribution in [1.29, 1.82) is 0 Å². The lowest BCUT2D eigenvalue weighted by Crippen LogP contribution is -2.60. The van der Waals surface area contributed by atoms with Crippen molar-refractivity contribution in [3.8, 4) is 0 Å². The van der Waals surface area contributed by atoms with Crippen molar-refractivity contribution in [1.82, 2.24) is 24.7 Å². The van der Waals surface area contributed by atoms with E-state index in [1.54, 1.807) is 18.3 Å². The average molecular weight is 403 g/mol. The Morgan fingerprint density at radius 3 is 2.72 bits per heavy atom. The second-order valence-electron chi connectivity index (χ2n) is 8.32. The summed E-state index contributed by atoms with van der Waals surface area (Å²) in [5, 5.41) is 0. The number of amides is 3. The molecule has 4 heterocycles. The Balaban J connectivity index is 1.51. The first kappa shape index (κ1) is 19.9. The number of aromatic amines is 1. The number of ether oxygens (including phenoxy) is 1. The number of carbonyl (C=O) groups excluding carboxylic acids is 3. The Bertz CT molecular complexity index is 799. The quantitative estimate of drug-likeness (QED) is 0.773. The molecule has 1 aromatic heterocycles. The van der Waals surface area contributed by atoms with Gasteiger partial charge in [0.15, 0.2) is 0 Å². The minimum atomic E-state index is -0.487. The average Bonchev–Trinajstić information content (AvgIpc) is 3.21. The number of hydrogen-bond donors (Lipinski definition) is 1. The van der Waals surface area contributed by atoms with Crippen LogP contribution in [0.1, 0.15) is 37.1 Å². The van der Waals surface area contributed by atoms with Crippen LogP contribution in [0.5, 0.6) is 0 Å². The van der Waals surface area contributed by atoms with Crippen LogP contribution in [0, 0.1) is 5.92 Å². The number of likely N-dealkylation sites (tertiary alicyclic amines) is 2. The second kappa shape index (κ2) is 7.78. The van der Waals surface area contributed by atoms with Crippen molar-refractivity contribution in [3.63, 3.8) is 0 Å². The van der Waals surface area contributed by atoms with Crippen molar-refractivity contribution in [2.24, 2.45) is 5.92 Å². The Kier molecular flexibility index (Phi) is 5.33. The molecule has 3 amide bonds. The number of methoxy groups -OCH3 is 1. The molecule has 1 N–H and O–H groups in total. The highest BCUT2D eigenvalue weighted by atomic mass is 16.5. The van der Waals surface area contributed by atoms with Crippen LogP contribution in [-0.4, -0.2) is 89.3 Å². The summed E-state index contributed by atoms with van der Waals surface area (Å²) < 4.78 is 5.10. The lowest BCUT2D eigenvalue weighted by Gasteiger charge is -2.50. The molecule has 29 heavy (non-hydrogen) atoms. The Labute approximate surface area is 170 Å². The van der Waals surface area contributed by atoms with Crippen LogP contribution in [0.3, 0.4) is 0 Å². The van der Waals surface area contributed by atoms with Crippen molar-refractivity contribution >= 4 is 17.7 Å². The molecule has 1 spiro atoms. The van der Waals surface area contributed by atoms with E-state index in [9.17, 15) is 14.4 Å². The van der Waals surface area contributed by atoms with E-state index >= 15 is 0 Å². The molecule has 9 nitrogen and oxygen atoms in total. The number of imidazole rings is 1. The molecule has 1 aromatic rings. The molecule has 9 heteroatoms. The van der Waals surface area contributed by atoms with E-state index in [1.165, 1.54) is 7.11 Å². The van der Waals surface area contributed by atoms with Crippen molar-refractivity contribution < 1.29 is 19.1 Å². The van der Waals surface area contributed by atoms with Gasteiger partial charge in [-0.15, -0.1) is 0 Å². The molecule has 0 bridgehead atoms. The number of piperidine rings is 2. The van der Waals surface area contributed by atoms with Crippen molar-refractivity contribution in [2.45, 2.75) is 37.6 Å². The summed E-state index contributed by atoms with van der Waals surface area (Å²) in [4.78, 5) is 50.8. The molecular formula is C20H29N5O4. The zero-order valence-electron chi connectivity index (χ0n) is 17.1. The van der Waals surface area contributed by atoms with E-state index in [1.807, 2.05) is 9.80 Å². The third-order valence-electron chi connectivity index (χ3n) is 6.71. The summed E-state index contributed by atoms with van der Waals surface area (Å²) in [7, 11) is 3.29. The highest BCUT2D eigenvalue weighted by molar-refractivity contribution is 5.84. The summed E-state index contributed by atoms with van der Waals surface area (Å²) in [5.41, 5.74) is 1.53. The fourth-order valence-electron chi connectivity index (χ4n) is 5.12. The Morgan fingerprint density at radius 2 is 2.03 bits per heavy atom. The van der Waals surface area contributed by atoms with Gasteiger partial charge in [0.1, 0.15) is 6.61 Å². The lowest BCUT2D eigenvalue weighted by molar-refractivity contribution is -0.149. The Morgan fingerprint density at radius 1 is 1.28 bits per heavy atom. The third kappa shape index (κ3) is 3.41. The number of fused-ring (bicyclic) bond motifs is 2. The molecule has 0 saturated carbocycles. The maximum absolute atomic E-state index is 13.1. The predicted octanol–water partition coefficient (Wildman–Crippen LogP) is 0.127. The minimum absolute atomic E-state index is 0.0339. The van der Waals surface area contributed by atoms with Crippen LogP contribution in [-0.2, 0) is 31.1 Å². The van der Waals surface area contributed by atoms with E-state index in [0.717, 1.165) is 17.8 Å². The summed E-state index contributed by atoms with van der Waals surface area (Å²) in [6.45, 7) is 2.32. The molecule has 1 unspecified atom stereocenters. The Hall–Kier alpha value is -2.42. The van der Waals surface area contributed by atoms with Gasteiger partial charge in [-0.05, 0) is 19.3 Å². The van der Waals surface area contributed by atoms with Gasteiger partial charge >= 0.3 is 0 Å². The predicted molar refractivity (Wildman–Crippen MR) is 104 cm³/mol. The molecule has 2 saturated heterocycles. The topological polar surface area (TPSA) is 98.8 Å². The molecule has 158 valence electrons. The summed E-state index contributed by atoms with van der Waals surface area (Å²) in [6, 6.07) is 0.